The Kier molecular flexibility index (Phi) is 1.73. The second-order valence-electron chi connectivity index (χ2n) is 2.46. The lowest BCUT2D eigenvalue weighted by Crippen LogP contribution is -1.94. The molecule has 0 spiro atoms. The molecule has 13 heavy (non-hydrogen) atoms. The summed E-state index contributed by atoms with van der Waals surface area (Å²) >= 11 is 0. The van der Waals surface area contributed by atoms with E-state index in [4.69, 9.17) is 5.11 Å². The van der Waals surface area contributed by atoms with E-state index in [0.29, 0.717) is 0 Å². The first-order chi connectivity index (χ1) is 6.24. The number of hydrogen-bond donors (Lipinski definition) is 2. The first kappa shape index (κ1) is 8.12. The van der Waals surface area contributed by atoms with Gasteiger partial charge < -0.3 is 10.1 Å². The lowest BCUT2D eigenvalue weighted by Gasteiger charge is -1.99. The largest absolute Gasteiger partial charge is 0.391 e. The highest BCUT2D eigenvalue weighted by Gasteiger charge is 2.13. The minimum absolute atomic E-state index is 0.00505. The third-order valence-corrected chi connectivity index (χ3v) is 1.73. The van der Waals surface area contributed by atoms with Crippen LogP contribution in [0, 0.1) is 24.0 Å². The molecule has 2 N–H and O–H groups in total. The van der Waals surface area contributed by atoms with Crippen molar-refractivity contribution >= 4 is 11.0 Å². The maximum atomic E-state index is 12.9. The van der Waals surface area contributed by atoms with Crippen LogP contribution in [-0.4, -0.2) is 15.1 Å². The van der Waals surface area contributed by atoms with E-state index < -0.39 is 18.2 Å². The topological polar surface area (TPSA) is 48.9 Å². The average Bonchev–Trinajstić information content (AvgIpc) is 2.53. The third kappa shape index (κ3) is 1.08. The van der Waals surface area contributed by atoms with Crippen molar-refractivity contribution in [1.29, 1.82) is 0 Å². The first-order valence-electron chi connectivity index (χ1n) is 3.49. The quantitative estimate of drug-likeness (QED) is 0.689. The number of aromatic nitrogens is 2. The predicted octanol–water partition coefficient (Wildman–Crippen LogP) is 0.934. The maximum Gasteiger partial charge on any atom is 0.174 e. The standard InChI is InChI=1S/C8H4F2N2O/c9-5-1-6(10)8-7(4(5)2-13)11-3-12-8/h13H,2H2,(H,11,12). The zero-order valence-corrected chi connectivity index (χ0v) is 6.36. The minimum Gasteiger partial charge on any atom is -0.391 e. The zero-order valence-electron chi connectivity index (χ0n) is 6.36. The van der Waals surface area contributed by atoms with Gasteiger partial charge in [-0.2, -0.15) is 0 Å². The number of benzene rings is 1. The Labute approximate surface area is 72.0 Å². The van der Waals surface area contributed by atoms with E-state index in [-0.39, 0.29) is 16.6 Å². The van der Waals surface area contributed by atoms with Gasteiger partial charge in [-0.3, -0.25) is 0 Å². The summed E-state index contributed by atoms with van der Waals surface area (Å²) in [6, 6.07) is 1.83. The smallest absolute Gasteiger partial charge is 0.174 e. The molecule has 1 heterocycles. The zero-order chi connectivity index (χ0) is 9.42. The Morgan fingerprint density at radius 3 is 2.85 bits per heavy atom. The molecule has 1 aromatic carbocycles. The van der Waals surface area contributed by atoms with E-state index in [2.05, 4.69) is 16.3 Å². The number of rotatable bonds is 1. The molecule has 66 valence electrons. The minimum atomic E-state index is -0.923. The SMILES string of the molecule is OCc1c(F)[c]c(F)c2[nH][c]nc12. The number of halogens is 2. The van der Waals surface area contributed by atoms with Gasteiger partial charge in [-0.1, -0.05) is 0 Å². The van der Waals surface area contributed by atoms with Gasteiger partial charge >= 0.3 is 0 Å². The van der Waals surface area contributed by atoms with E-state index in [0.717, 1.165) is 0 Å². The molecule has 0 bridgehead atoms. The highest BCUT2D eigenvalue weighted by molar-refractivity contribution is 5.78. The average molecular weight is 182 g/mol. The predicted molar refractivity (Wildman–Crippen MR) is 39.6 cm³/mol. The number of aromatic amines is 1. The summed E-state index contributed by atoms with van der Waals surface area (Å²) in [5, 5.41) is 8.78. The van der Waals surface area contributed by atoms with Crippen molar-refractivity contribution in [2.24, 2.45) is 0 Å². The van der Waals surface area contributed by atoms with Crippen LogP contribution in [0.4, 0.5) is 8.78 Å². The van der Waals surface area contributed by atoms with Gasteiger partial charge in [-0.05, 0) is 0 Å². The summed E-state index contributed by atoms with van der Waals surface area (Å²) in [6.45, 7) is -0.544. The Balaban J connectivity index is 2.88. The Morgan fingerprint density at radius 2 is 2.15 bits per heavy atom. The van der Waals surface area contributed by atoms with E-state index in [1.165, 1.54) is 0 Å². The summed E-state index contributed by atoms with van der Waals surface area (Å²) in [7, 11) is 0. The van der Waals surface area contributed by atoms with E-state index in [1.807, 2.05) is 6.07 Å². The van der Waals surface area contributed by atoms with Gasteiger partial charge in [0, 0.05) is 5.56 Å². The number of aliphatic hydroxyl groups excluding tert-OH is 1. The van der Waals surface area contributed by atoms with Crippen LogP contribution in [0.25, 0.3) is 11.0 Å². The number of fused-ring (bicyclic) bond motifs is 1. The molecule has 0 fully saturated rings. The van der Waals surface area contributed by atoms with Crippen LogP contribution in [0.2, 0.25) is 0 Å². The fourth-order valence-electron chi connectivity index (χ4n) is 1.11. The molecule has 0 saturated heterocycles. The van der Waals surface area contributed by atoms with Crippen LogP contribution in [0.5, 0.6) is 0 Å². The molecular weight excluding hydrogens is 178 g/mol. The molecule has 5 heteroatoms. The molecule has 0 amide bonds. The van der Waals surface area contributed by atoms with Crippen molar-refractivity contribution in [2.45, 2.75) is 6.61 Å². The van der Waals surface area contributed by atoms with Gasteiger partial charge in [0.1, 0.15) is 16.9 Å². The van der Waals surface area contributed by atoms with E-state index >= 15 is 0 Å². The van der Waals surface area contributed by atoms with Gasteiger partial charge in [-0.15, -0.1) is 0 Å². The molecule has 0 aliphatic rings. The first-order valence-corrected chi connectivity index (χ1v) is 3.49. The molecule has 0 aliphatic heterocycles. The van der Waals surface area contributed by atoms with Gasteiger partial charge in [-0.25, -0.2) is 13.8 Å². The van der Waals surface area contributed by atoms with Gasteiger partial charge in [0.05, 0.1) is 12.7 Å². The number of nitrogens with one attached hydrogen (secondary N) is 1. The molecule has 0 unspecified atom stereocenters. The van der Waals surface area contributed by atoms with Crippen LogP contribution in [0.15, 0.2) is 0 Å². The van der Waals surface area contributed by atoms with E-state index in [1.54, 1.807) is 0 Å². The highest BCUT2D eigenvalue weighted by Crippen LogP contribution is 2.20. The summed E-state index contributed by atoms with van der Waals surface area (Å²) in [6.07, 6.45) is 2.27. The molecule has 0 aliphatic carbocycles. The Morgan fingerprint density at radius 1 is 1.38 bits per heavy atom. The summed E-state index contributed by atoms with van der Waals surface area (Å²) in [5.74, 6) is -1.79. The van der Waals surface area contributed by atoms with Crippen LogP contribution in [0.3, 0.4) is 0 Å². The normalized spacial score (nSPS) is 11.0. The van der Waals surface area contributed by atoms with Crippen LogP contribution < -0.4 is 0 Å². The highest BCUT2D eigenvalue weighted by atomic mass is 19.1. The molecule has 2 radical (unpaired) electrons. The van der Waals surface area contributed by atoms with Crippen molar-refractivity contribution in [3.05, 3.63) is 29.6 Å². The monoisotopic (exact) mass is 182 g/mol. The number of hydrogen-bond acceptors (Lipinski definition) is 2. The van der Waals surface area contributed by atoms with Gasteiger partial charge in [0.15, 0.2) is 12.1 Å². The van der Waals surface area contributed by atoms with Crippen LogP contribution in [-0.2, 0) is 6.61 Å². The number of imidazole rings is 1. The molecule has 3 nitrogen and oxygen atoms in total. The number of aliphatic hydroxyl groups is 1. The maximum absolute atomic E-state index is 12.9. The lowest BCUT2D eigenvalue weighted by molar-refractivity contribution is 0.277. The molecule has 1 aromatic heterocycles. The summed E-state index contributed by atoms with van der Waals surface area (Å²) < 4.78 is 25.9. The molecular formula is C8H4F2N2O. The van der Waals surface area contributed by atoms with Gasteiger partial charge in [0.25, 0.3) is 0 Å². The second kappa shape index (κ2) is 2.77. The lowest BCUT2D eigenvalue weighted by atomic mass is 10.2. The second-order valence-corrected chi connectivity index (χ2v) is 2.46. The molecule has 0 atom stereocenters. The van der Waals surface area contributed by atoms with Crippen molar-refractivity contribution in [3.8, 4) is 0 Å². The number of nitrogens with zero attached hydrogens (tertiary/aromatic N) is 1. The Bertz CT molecular complexity index is 453. The molecule has 2 aromatic rings. The summed E-state index contributed by atoms with van der Waals surface area (Å²) in [4.78, 5) is 5.94. The van der Waals surface area contributed by atoms with Crippen molar-refractivity contribution < 1.29 is 13.9 Å². The Hall–Kier alpha value is -1.49. The summed E-state index contributed by atoms with van der Waals surface area (Å²) in [5.41, 5.74) is -0.0180. The van der Waals surface area contributed by atoms with Gasteiger partial charge in [0.2, 0.25) is 0 Å². The van der Waals surface area contributed by atoms with Crippen LogP contribution >= 0.6 is 0 Å². The molecule has 0 saturated carbocycles. The van der Waals surface area contributed by atoms with Crippen LogP contribution in [0.1, 0.15) is 5.56 Å². The fourth-order valence-corrected chi connectivity index (χ4v) is 1.11. The van der Waals surface area contributed by atoms with Crippen molar-refractivity contribution in [3.63, 3.8) is 0 Å². The number of H-pyrrole nitrogens is 1. The fraction of sp³-hybridized carbons (Fsp3) is 0.125. The third-order valence-electron chi connectivity index (χ3n) is 1.73. The van der Waals surface area contributed by atoms with Crippen molar-refractivity contribution in [2.75, 3.05) is 0 Å². The molecule has 2 rings (SSSR count). The van der Waals surface area contributed by atoms with E-state index in [9.17, 15) is 8.78 Å². The van der Waals surface area contributed by atoms with Crippen molar-refractivity contribution in [1.82, 2.24) is 9.97 Å².